The summed E-state index contributed by atoms with van der Waals surface area (Å²) in [6.07, 6.45) is 22.1. The zero-order chi connectivity index (χ0) is 22.6. The van der Waals surface area contributed by atoms with Crippen molar-refractivity contribution in [1.29, 1.82) is 0 Å². The van der Waals surface area contributed by atoms with Gasteiger partial charge >= 0.3 is 0 Å². The van der Waals surface area contributed by atoms with Crippen LogP contribution >= 0.6 is 0 Å². The van der Waals surface area contributed by atoms with Crippen LogP contribution in [0.2, 0.25) is 0 Å². The molecule has 0 fully saturated rings. The zero-order valence-electron chi connectivity index (χ0n) is 20.0. The number of carbonyl (C=O) groups is 1. The number of carbonyl (C=O) groups excluding carboxylic acids is 1. The number of phenolic OH excluding ortho intramolecular Hbond substituents is 1. The van der Waals surface area contributed by atoms with Gasteiger partial charge < -0.3 is 16.2 Å². The number of amides is 1. The highest BCUT2D eigenvalue weighted by Crippen LogP contribution is 2.14. The van der Waals surface area contributed by atoms with Crippen molar-refractivity contribution in [3.63, 3.8) is 0 Å². The van der Waals surface area contributed by atoms with E-state index in [2.05, 4.69) is 12.2 Å². The molecule has 4 heteroatoms. The Bertz CT molecular complexity index is 545. The summed E-state index contributed by atoms with van der Waals surface area (Å²) in [7, 11) is 0. The third-order valence-electron chi connectivity index (χ3n) is 6.06. The molecule has 1 rings (SSSR count). The van der Waals surface area contributed by atoms with Crippen LogP contribution in [-0.4, -0.2) is 23.6 Å². The van der Waals surface area contributed by atoms with Crippen molar-refractivity contribution in [3.05, 3.63) is 29.8 Å². The van der Waals surface area contributed by atoms with Crippen LogP contribution < -0.4 is 11.1 Å². The highest BCUT2D eigenvalue weighted by atomic mass is 16.3. The molecule has 0 saturated heterocycles. The van der Waals surface area contributed by atoms with Crippen LogP contribution in [0.25, 0.3) is 0 Å². The molecule has 1 atom stereocenters. The Kier molecular flexibility index (Phi) is 17.0. The Morgan fingerprint density at radius 1 is 0.774 bits per heavy atom. The van der Waals surface area contributed by atoms with E-state index in [1.54, 1.807) is 24.3 Å². The number of benzene rings is 1. The maximum absolute atomic E-state index is 12.1. The lowest BCUT2D eigenvalue weighted by atomic mass is 10.0. The molecule has 0 aliphatic carbocycles. The average Bonchev–Trinajstić information content (AvgIpc) is 2.77. The molecule has 0 radical (unpaired) electrons. The van der Waals surface area contributed by atoms with Gasteiger partial charge in [0.15, 0.2) is 0 Å². The van der Waals surface area contributed by atoms with E-state index in [1.165, 1.54) is 96.3 Å². The highest BCUT2D eigenvalue weighted by Gasteiger charge is 2.13. The molecule has 4 N–H and O–H groups in total. The molecular formula is C27H48N2O2. The quantitative estimate of drug-likeness (QED) is 0.202. The van der Waals surface area contributed by atoms with Gasteiger partial charge in [-0.3, -0.25) is 4.79 Å². The minimum absolute atomic E-state index is 0.0889. The first-order valence-corrected chi connectivity index (χ1v) is 12.9. The van der Waals surface area contributed by atoms with Crippen LogP contribution in [0.15, 0.2) is 24.3 Å². The molecule has 0 aliphatic rings. The molecule has 0 saturated carbocycles. The van der Waals surface area contributed by atoms with E-state index < -0.39 is 6.04 Å². The monoisotopic (exact) mass is 432 g/mol. The van der Waals surface area contributed by atoms with Gasteiger partial charge in [0.1, 0.15) is 5.75 Å². The van der Waals surface area contributed by atoms with Crippen LogP contribution in [0.3, 0.4) is 0 Å². The lowest BCUT2D eigenvalue weighted by Crippen LogP contribution is -2.42. The van der Waals surface area contributed by atoms with Gasteiger partial charge in [0.25, 0.3) is 0 Å². The van der Waals surface area contributed by atoms with E-state index in [0.717, 1.165) is 12.0 Å². The fourth-order valence-corrected chi connectivity index (χ4v) is 3.99. The smallest absolute Gasteiger partial charge is 0.237 e. The summed E-state index contributed by atoms with van der Waals surface area (Å²) < 4.78 is 0. The number of phenols is 1. The van der Waals surface area contributed by atoms with Gasteiger partial charge in [-0.2, -0.15) is 0 Å². The van der Waals surface area contributed by atoms with E-state index in [9.17, 15) is 9.90 Å². The zero-order valence-corrected chi connectivity index (χ0v) is 20.0. The van der Waals surface area contributed by atoms with Gasteiger partial charge in [0.05, 0.1) is 6.04 Å². The summed E-state index contributed by atoms with van der Waals surface area (Å²) in [5, 5.41) is 12.3. The lowest BCUT2D eigenvalue weighted by Gasteiger charge is -2.12. The molecule has 1 amide bonds. The molecule has 178 valence electrons. The van der Waals surface area contributed by atoms with E-state index in [4.69, 9.17) is 5.73 Å². The van der Waals surface area contributed by atoms with Gasteiger partial charge in [0, 0.05) is 6.54 Å². The topological polar surface area (TPSA) is 75.4 Å². The third-order valence-corrected chi connectivity index (χ3v) is 6.06. The number of unbranched alkanes of at least 4 members (excludes halogenated alkanes) is 15. The Labute approximate surface area is 191 Å². The van der Waals surface area contributed by atoms with Crippen molar-refractivity contribution in [2.24, 2.45) is 5.73 Å². The number of rotatable bonds is 20. The Balaban J connectivity index is 1.83. The summed E-state index contributed by atoms with van der Waals surface area (Å²) in [6.45, 7) is 2.99. The molecule has 1 aromatic rings. The maximum Gasteiger partial charge on any atom is 0.237 e. The number of nitrogens with two attached hydrogens (primary N) is 1. The molecule has 0 spiro atoms. The molecule has 31 heavy (non-hydrogen) atoms. The molecule has 0 aliphatic heterocycles. The number of nitrogens with one attached hydrogen (secondary N) is 1. The second-order valence-electron chi connectivity index (χ2n) is 9.07. The second kappa shape index (κ2) is 19.2. The standard InChI is InChI=1S/C27H48N2O2/c1-2-3-4-5-6-7-8-9-10-11-12-13-14-15-16-17-22-29-27(31)26(28)23-24-18-20-25(30)21-19-24/h18-21,26,30H,2-17,22-23,28H2,1H3,(H,29,31). The first kappa shape index (κ1) is 27.5. The van der Waals surface area contributed by atoms with E-state index >= 15 is 0 Å². The SMILES string of the molecule is CCCCCCCCCCCCCCCCCCNC(=O)C(N)Cc1ccc(O)cc1. The van der Waals surface area contributed by atoms with Crippen molar-refractivity contribution >= 4 is 5.91 Å². The lowest BCUT2D eigenvalue weighted by molar-refractivity contribution is -0.122. The van der Waals surface area contributed by atoms with Crippen molar-refractivity contribution in [2.75, 3.05) is 6.54 Å². The normalized spacial score (nSPS) is 12.1. The van der Waals surface area contributed by atoms with Crippen molar-refractivity contribution in [2.45, 2.75) is 122 Å². The van der Waals surface area contributed by atoms with Gasteiger partial charge in [-0.25, -0.2) is 0 Å². The van der Waals surface area contributed by atoms with E-state index in [1.807, 2.05) is 0 Å². The summed E-state index contributed by atoms with van der Waals surface area (Å²) in [5.41, 5.74) is 6.95. The predicted octanol–water partition coefficient (Wildman–Crippen LogP) is 6.64. The molecule has 1 unspecified atom stereocenters. The van der Waals surface area contributed by atoms with Crippen molar-refractivity contribution < 1.29 is 9.90 Å². The minimum atomic E-state index is -0.536. The van der Waals surface area contributed by atoms with Crippen LogP contribution in [0.5, 0.6) is 5.75 Å². The van der Waals surface area contributed by atoms with Gasteiger partial charge in [-0.15, -0.1) is 0 Å². The first-order valence-electron chi connectivity index (χ1n) is 12.9. The van der Waals surface area contributed by atoms with Gasteiger partial charge in [-0.1, -0.05) is 115 Å². The summed E-state index contributed by atoms with van der Waals surface area (Å²) in [5.74, 6) is 0.138. The van der Waals surface area contributed by atoms with Crippen LogP contribution in [0.1, 0.15) is 115 Å². The third kappa shape index (κ3) is 15.8. The Hall–Kier alpha value is -1.55. The largest absolute Gasteiger partial charge is 0.508 e. The predicted molar refractivity (Wildman–Crippen MR) is 132 cm³/mol. The maximum atomic E-state index is 12.1. The molecule has 0 bridgehead atoms. The minimum Gasteiger partial charge on any atom is -0.508 e. The number of aromatic hydroxyl groups is 1. The molecular weight excluding hydrogens is 384 g/mol. The molecule has 0 aromatic heterocycles. The van der Waals surface area contributed by atoms with E-state index in [0.29, 0.717) is 13.0 Å². The van der Waals surface area contributed by atoms with Crippen LogP contribution in [-0.2, 0) is 11.2 Å². The van der Waals surface area contributed by atoms with Gasteiger partial charge in [-0.05, 0) is 30.5 Å². The molecule has 1 aromatic carbocycles. The first-order chi connectivity index (χ1) is 15.1. The fourth-order valence-electron chi connectivity index (χ4n) is 3.99. The average molecular weight is 433 g/mol. The number of hydrogen-bond acceptors (Lipinski definition) is 3. The highest BCUT2D eigenvalue weighted by molar-refractivity contribution is 5.81. The van der Waals surface area contributed by atoms with Crippen molar-refractivity contribution in [3.8, 4) is 5.75 Å². The summed E-state index contributed by atoms with van der Waals surface area (Å²) in [6, 6.07) is 6.31. The van der Waals surface area contributed by atoms with Crippen molar-refractivity contribution in [1.82, 2.24) is 5.32 Å². The van der Waals surface area contributed by atoms with Crippen LogP contribution in [0.4, 0.5) is 0 Å². The molecule has 0 heterocycles. The Morgan fingerprint density at radius 2 is 1.19 bits per heavy atom. The second-order valence-corrected chi connectivity index (χ2v) is 9.07. The summed E-state index contributed by atoms with van der Waals surface area (Å²) >= 11 is 0. The number of hydrogen-bond donors (Lipinski definition) is 3. The fraction of sp³-hybridized carbons (Fsp3) is 0.741. The van der Waals surface area contributed by atoms with Crippen LogP contribution in [0, 0.1) is 0 Å². The summed E-state index contributed by atoms with van der Waals surface area (Å²) in [4.78, 5) is 12.1. The van der Waals surface area contributed by atoms with E-state index in [-0.39, 0.29) is 11.7 Å². The molecule has 4 nitrogen and oxygen atoms in total. The van der Waals surface area contributed by atoms with Gasteiger partial charge in [0.2, 0.25) is 5.91 Å². The Morgan fingerprint density at radius 3 is 1.65 bits per heavy atom.